The number of terminal acetylenes is 1. The van der Waals surface area contributed by atoms with Crippen LogP contribution in [0.1, 0.15) is 18.1 Å². The van der Waals surface area contributed by atoms with E-state index in [-0.39, 0.29) is 17.9 Å². The van der Waals surface area contributed by atoms with E-state index in [0.717, 1.165) is 5.56 Å². The first-order chi connectivity index (χ1) is 12.1. The van der Waals surface area contributed by atoms with Crippen LogP contribution in [0.15, 0.2) is 59.1 Å². The van der Waals surface area contributed by atoms with E-state index in [1.807, 2.05) is 0 Å². The molecule has 0 aromatic heterocycles. The van der Waals surface area contributed by atoms with Gasteiger partial charge in [0.25, 0.3) is 0 Å². The topological polar surface area (TPSA) is 58.9 Å². The monoisotopic (exact) mass is 353 g/mol. The Kier molecular flexibility index (Phi) is 6.39. The van der Waals surface area contributed by atoms with Gasteiger partial charge < -0.3 is 9.84 Å². The van der Waals surface area contributed by atoms with Gasteiger partial charge in [0, 0.05) is 17.3 Å². The van der Waals surface area contributed by atoms with Crippen LogP contribution in [0.3, 0.4) is 0 Å². The lowest BCUT2D eigenvalue weighted by atomic mass is 10.1. The molecule has 0 heterocycles. The average Bonchev–Trinajstić information content (AvgIpc) is 2.63. The first-order valence-corrected chi connectivity index (χ1v) is 7.90. The second kappa shape index (κ2) is 8.72. The molecular formula is C20H16ClNO3. The van der Waals surface area contributed by atoms with Crippen LogP contribution in [0.5, 0.6) is 0 Å². The van der Waals surface area contributed by atoms with Crippen LogP contribution < -0.4 is 0 Å². The summed E-state index contributed by atoms with van der Waals surface area (Å²) in [6.07, 6.45) is 6.56. The standard InChI is InChI=1S/C20H16ClNO3/c1-3-14-9-11-15(12-10-14)22-13-17(20(24)25-4-2)19(23)16-7-5-6-8-18(16)21/h1,5-13,23H,4H2,2H3/b19-17-,22-13?. The lowest BCUT2D eigenvalue weighted by Gasteiger charge is -2.08. The second-order valence-corrected chi connectivity index (χ2v) is 5.32. The van der Waals surface area contributed by atoms with E-state index in [1.54, 1.807) is 55.5 Å². The van der Waals surface area contributed by atoms with Gasteiger partial charge in [0.1, 0.15) is 11.3 Å². The Bertz CT molecular complexity index is 861. The summed E-state index contributed by atoms with van der Waals surface area (Å²) < 4.78 is 4.99. The molecule has 0 radical (unpaired) electrons. The minimum absolute atomic E-state index is 0.0871. The summed E-state index contributed by atoms with van der Waals surface area (Å²) in [5, 5.41) is 10.8. The molecule has 5 heteroatoms. The highest BCUT2D eigenvalue weighted by atomic mass is 35.5. The third-order valence-corrected chi connectivity index (χ3v) is 3.59. The van der Waals surface area contributed by atoms with Crippen molar-refractivity contribution < 1.29 is 14.6 Å². The lowest BCUT2D eigenvalue weighted by molar-refractivity contribution is -0.137. The van der Waals surface area contributed by atoms with Gasteiger partial charge in [0.15, 0.2) is 0 Å². The number of halogens is 1. The van der Waals surface area contributed by atoms with E-state index in [4.69, 9.17) is 22.8 Å². The number of hydrogen-bond acceptors (Lipinski definition) is 4. The van der Waals surface area contributed by atoms with Gasteiger partial charge in [-0.1, -0.05) is 29.7 Å². The molecule has 0 bridgehead atoms. The minimum atomic E-state index is -0.691. The molecule has 0 fully saturated rings. The van der Waals surface area contributed by atoms with Crippen LogP contribution in [-0.2, 0) is 9.53 Å². The van der Waals surface area contributed by atoms with E-state index in [0.29, 0.717) is 16.3 Å². The summed E-state index contributed by atoms with van der Waals surface area (Å²) in [6, 6.07) is 13.5. The van der Waals surface area contributed by atoms with Crippen LogP contribution in [0.4, 0.5) is 5.69 Å². The molecule has 1 N–H and O–H groups in total. The maximum atomic E-state index is 12.2. The number of aliphatic hydroxyl groups excluding tert-OH is 1. The fraction of sp³-hybridized carbons (Fsp3) is 0.100. The Balaban J connectivity index is 2.44. The summed E-state index contributed by atoms with van der Waals surface area (Å²) in [7, 11) is 0. The predicted octanol–water partition coefficient (Wildman–Crippen LogP) is 4.56. The summed E-state index contributed by atoms with van der Waals surface area (Å²) in [4.78, 5) is 16.4. The normalized spacial score (nSPS) is 11.7. The van der Waals surface area contributed by atoms with Crippen molar-refractivity contribution in [2.24, 2.45) is 4.99 Å². The number of aliphatic hydroxyl groups is 1. The fourth-order valence-electron chi connectivity index (χ4n) is 2.00. The molecule has 0 atom stereocenters. The zero-order valence-electron chi connectivity index (χ0n) is 13.6. The Morgan fingerprint density at radius 1 is 1.28 bits per heavy atom. The number of aliphatic imine (C=N–C) groups is 1. The van der Waals surface area contributed by atoms with Crippen molar-refractivity contribution in [1.82, 2.24) is 0 Å². The van der Waals surface area contributed by atoms with Gasteiger partial charge >= 0.3 is 5.97 Å². The van der Waals surface area contributed by atoms with Crippen molar-refractivity contribution in [1.29, 1.82) is 0 Å². The fourth-order valence-corrected chi connectivity index (χ4v) is 2.23. The van der Waals surface area contributed by atoms with Gasteiger partial charge in [-0.15, -0.1) is 6.42 Å². The number of carbonyl (C=O) groups excluding carboxylic acids is 1. The number of hydrogen-bond donors (Lipinski definition) is 1. The first kappa shape index (κ1) is 18.3. The van der Waals surface area contributed by atoms with E-state index < -0.39 is 5.97 Å². The smallest absolute Gasteiger partial charge is 0.343 e. The number of benzene rings is 2. The molecular weight excluding hydrogens is 338 g/mol. The van der Waals surface area contributed by atoms with Crippen molar-refractivity contribution in [3.63, 3.8) is 0 Å². The van der Waals surface area contributed by atoms with Crippen LogP contribution in [0.2, 0.25) is 5.02 Å². The van der Waals surface area contributed by atoms with Gasteiger partial charge in [0.2, 0.25) is 0 Å². The number of ether oxygens (including phenoxy) is 1. The zero-order valence-corrected chi connectivity index (χ0v) is 14.3. The first-order valence-electron chi connectivity index (χ1n) is 7.52. The molecule has 126 valence electrons. The van der Waals surface area contributed by atoms with E-state index in [1.165, 1.54) is 6.21 Å². The van der Waals surface area contributed by atoms with Gasteiger partial charge in [-0.25, -0.2) is 4.79 Å². The Morgan fingerprint density at radius 2 is 1.96 bits per heavy atom. The summed E-state index contributed by atoms with van der Waals surface area (Å²) in [5.74, 6) is 1.52. The van der Waals surface area contributed by atoms with E-state index in [2.05, 4.69) is 10.9 Å². The highest BCUT2D eigenvalue weighted by Crippen LogP contribution is 2.25. The largest absolute Gasteiger partial charge is 0.506 e. The molecule has 2 rings (SSSR count). The lowest BCUT2D eigenvalue weighted by Crippen LogP contribution is -2.11. The average molecular weight is 354 g/mol. The van der Waals surface area contributed by atoms with Crippen LogP contribution >= 0.6 is 11.6 Å². The molecule has 0 aliphatic heterocycles. The van der Waals surface area contributed by atoms with Crippen molar-refractivity contribution in [2.45, 2.75) is 6.92 Å². The zero-order chi connectivity index (χ0) is 18.2. The molecule has 0 saturated carbocycles. The van der Waals surface area contributed by atoms with Crippen LogP contribution in [-0.4, -0.2) is 23.9 Å². The maximum absolute atomic E-state index is 12.2. The Hall–Kier alpha value is -3.03. The third-order valence-electron chi connectivity index (χ3n) is 3.26. The van der Waals surface area contributed by atoms with Crippen LogP contribution in [0, 0.1) is 12.3 Å². The van der Waals surface area contributed by atoms with E-state index >= 15 is 0 Å². The molecule has 0 aliphatic carbocycles. The molecule has 4 nitrogen and oxygen atoms in total. The summed E-state index contributed by atoms with van der Waals surface area (Å²) >= 11 is 6.09. The Labute approximate surface area is 151 Å². The van der Waals surface area contributed by atoms with Crippen molar-refractivity contribution >= 4 is 35.2 Å². The van der Waals surface area contributed by atoms with Gasteiger partial charge in [-0.3, -0.25) is 4.99 Å². The summed E-state index contributed by atoms with van der Waals surface area (Å²) in [5.41, 5.74) is 1.53. The van der Waals surface area contributed by atoms with Gasteiger partial charge in [0.05, 0.1) is 17.3 Å². The molecule has 0 saturated heterocycles. The highest BCUT2D eigenvalue weighted by Gasteiger charge is 2.17. The second-order valence-electron chi connectivity index (χ2n) is 4.91. The number of esters is 1. The predicted molar refractivity (Wildman–Crippen MR) is 100 cm³/mol. The molecule has 0 spiro atoms. The maximum Gasteiger partial charge on any atom is 0.343 e. The van der Waals surface area contributed by atoms with E-state index in [9.17, 15) is 9.90 Å². The Morgan fingerprint density at radius 3 is 2.56 bits per heavy atom. The number of rotatable bonds is 5. The molecule has 25 heavy (non-hydrogen) atoms. The molecule has 0 unspecified atom stereocenters. The molecule has 2 aromatic rings. The SMILES string of the molecule is C#Cc1ccc(N=C/C(C(=O)OCC)=C(/O)c2ccccc2Cl)cc1. The van der Waals surface area contributed by atoms with Crippen molar-refractivity contribution in [2.75, 3.05) is 6.61 Å². The molecule has 0 amide bonds. The number of nitrogens with zero attached hydrogens (tertiary/aromatic N) is 1. The van der Waals surface area contributed by atoms with Crippen LogP contribution in [0.25, 0.3) is 5.76 Å². The van der Waals surface area contributed by atoms with Gasteiger partial charge in [-0.05, 0) is 43.3 Å². The van der Waals surface area contributed by atoms with Crippen molar-refractivity contribution in [3.05, 3.63) is 70.3 Å². The minimum Gasteiger partial charge on any atom is -0.506 e. The quantitative estimate of drug-likeness (QED) is 0.282. The molecule has 0 aliphatic rings. The third kappa shape index (κ3) is 4.72. The molecule has 2 aromatic carbocycles. The van der Waals surface area contributed by atoms with Crippen molar-refractivity contribution in [3.8, 4) is 12.3 Å². The summed E-state index contributed by atoms with van der Waals surface area (Å²) in [6.45, 7) is 1.85. The van der Waals surface area contributed by atoms with Gasteiger partial charge in [-0.2, -0.15) is 0 Å². The highest BCUT2D eigenvalue weighted by molar-refractivity contribution is 6.32. The number of carbonyl (C=O) groups is 1.